The highest BCUT2D eigenvalue weighted by Crippen LogP contribution is 2.51. The van der Waals surface area contributed by atoms with Crippen molar-refractivity contribution in [1.82, 2.24) is 20.1 Å². The van der Waals surface area contributed by atoms with E-state index < -0.39 is 17.6 Å². The zero-order valence-electron chi connectivity index (χ0n) is 23.1. The van der Waals surface area contributed by atoms with Crippen LogP contribution in [0.4, 0.5) is 11.6 Å². The molecule has 202 valence electrons. The van der Waals surface area contributed by atoms with E-state index in [9.17, 15) is 9.90 Å². The Morgan fingerprint density at radius 3 is 2.64 bits per heavy atom. The Labute approximate surface area is 229 Å². The van der Waals surface area contributed by atoms with Crippen LogP contribution in [0.3, 0.4) is 0 Å². The minimum Gasteiger partial charge on any atom is -0.480 e. The second kappa shape index (κ2) is 9.09. The minimum atomic E-state index is -0.820. The van der Waals surface area contributed by atoms with Crippen LogP contribution < -0.4 is 15.5 Å². The Kier molecular flexibility index (Phi) is 5.91. The first kappa shape index (κ1) is 25.4. The van der Waals surface area contributed by atoms with Crippen molar-refractivity contribution in [1.29, 1.82) is 0 Å². The Bertz CT molecular complexity index is 1540. The van der Waals surface area contributed by atoms with E-state index in [1.54, 1.807) is 6.20 Å². The van der Waals surface area contributed by atoms with Crippen molar-refractivity contribution in [2.45, 2.75) is 64.7 Å². The average Bonchev–Trinajstić information content (AvgIpc) is 3.60. The number of nitrogens with zero attached hydrogens (tertiary/aromatic N) is 4. The first-order valence-corrected chi connectivity index (χ1v) is 13.6. The zero-order chi connectivity index (χ0) is 27.5. The summed E-state index contributed by atoms with van der Waals surface area (Å²) in [6.07, 6.45) is 2.56. The lowest BCUT2D eigenvalue weighted by atomic mass is 9.69. The first-order chi connectivity index (χ1) is 18.6. The number of carbonyl (C=O) groups is 1. The molecule has 2 aromatic carbocycles. The zero-order valence-corrected chi connectivity index (χ0v) is 23.1. The van der Waals surface area contributed by atoms with Crippen molar-refractivity contribution in [2.24, 2.45) is 5.41 Å². The molecule has 4 heterocycles. The molecule has 4 atom stereocenters. The van der Waals surface area contributed by atoms with Crippen LogP contribution in [-0.4, -0.2) is 50.0 Å². The van der Waals surface area contributed by atoms with Gasteiger partial charge in [0.2, 0.25) is 0 Å². The third-order valence-corrected chi connectivity index (χ3v) is 8.64. The van der Waals surface area contributed by atoms with Crippen LogP contribution in [-0.2, 0) is 4.79 Å². The lowest BCUT2D eigenvalue weighted by molar-refractivity contribution is -0.141. The van der Waals surface area contributed by atoms with Crippen molar-refractivity contribution in [2.75, 3.05) is 16.8 Å². The number of anilines is 2. The van der Waals surface area contributed by atoms with Crippen LogP contribution in [0.1, 0.15) is 51.3 Å². The summed E-state index contributed by atoms with van der Waals surface area (Å²) in [7, 11) is 0. The van der Waals surface area contributed by atoms with E-state index in [0.29, 0.717) is 0 Å². The van der Waals surface area contributed by atoms with E-state index >= 15 is 0 Å². The number of hydrogen-bond acceptors (Lipinski definition) is 6. The van der Waals surface area contributed by atoms with Gasteiger partial charge in [-0.25, -0.2) is 14.5 Å². The van der Waals surface area contributed by atoms with Gasteiger partial charge in [-0.15, -0.1) is 5.10 Å². The van der Waals surface area contributed by atoms with Crippen LogP contribution in [0, 0.1) is 12.3 Å². The average molecular weight is 525 g/mol. The van der Waals surface area contributed by atoms with Crippen LogP contribution >= 0.6 is 0 Å². The number of rotatable bonds is 6. The molecular formula is C31H36N6O2. The monoisotopic (exact) mass is 524 g/mol. The van der Waals surface area contributed by atoms with Gasteiger partial charge in [0, 0.05) is 36.3 Å². The second-order valence-corrected chi connectivity index (χ2v) is 12.0. The van der Waals surface area contributed by atoms with Gasteiger partial charge in [-0.3, -0.25) is 0 Å². The topological polar surface area (TPSA) is 95.3 Å². The lowest BCUT2D eigenvalue weighted by Gasteiger charge is -2.47. The molecule has 2 aromatic heterocycles. The van der Waals surface area contributed by atoms with Crippen molar-refractivity contribution in [3.05, 3.63) is 78.0 Å². The summed E-state index contributed by atoms with van der Waals surface area (Å²) in [6, 6.07) is 19.9. The molecule has 0 aliphatic carbocycles. The van der Waals surface area contributed by atoms with Crippen molar-refractivity contribution >= 4 is 28.5 Å². The molecule has 2 aliphatic heterocycles. The Balaban J connectivity index is 1.44. The smallest absolute Gasteiger partial charge is 0.328 e. The number of piperazine rings is 1. The number of hydrogen-bond donors (Lipinski definition) is 3. The number of aryl methyl sites for hydroxylation is 1. The molecule has 2 saturated heterocycles. The van der Waals surface area contributed by atoms with Gasteiger partial charge in [-0.1, -0.05) is 57.2 Å². The molecule has 0 spiro atoms. The summed E-state index contributed by atoms with van der Waals surface area (Å²) >= 11 is 0. The Hall–Kier alpha value is -3.91. The highest BCUT2D eigenvalue weighted by atomic mass is 16.4. The normalized spacial score (nSPS) is 23.4. The third kappa shape index (κ3) is 4.05. The van der Waals surface area contributed by atoms with E-state index in [1.165, 1.54) is 5.56 Å². The summed E-state index contributed by atoms with van der Waals surface area (Å²) in [4.78, 5) is 19.5. The van der Waals surface area contributed by atoms with E-state index in [4.69, 9.17) is 5.10 Å². The predicted molar refractivity (Wildman–Crippen MR) is 155 cm³/mol. The predicted octanol–water partition coefficient (Wildman–Crippen LogP) is 5.32. The molecule has 8 heteroatoms. The molecule has 39 heavy (non-hydrogen) atoms. The quantitative estimate of drug-likeness (QED) is 0.314. The SMILES string of the molecule is Cc1ccc2c(N3C4CNC(C(C)(C)C)(C4)C3C(=O)O)nn(-c3ccnc(N[C@H](C)c4ccccc4)c3)c2c1. The van der Waals surface area contributed by atoms with Gasteiger partial charge in [0.1, 0.15) is 11.9 Å². The Morgan fingerprint density at radius 1 is 1.15 bits per heavy atom. The van der Waals surface area contributed by atoms with Crippen LogP contribution in [0.15, 0.2) is 66.9 Å². The number of aromatic nitrogens is 3. The lowest BCUT2D eigenvalue weighted by Crippen LogP contribution is -2.67. The number of carboxylic acid groups (broad SMARTS) is 1. The van der Waals surface area contributed by atoms with Crippen molar-refractivity contribution in [3.63, 3.8) is 0 Å². The maximum atomic E-state index is 12.8. The molecule has 8 nitrogen and oxygen atoms in total. The Morgan fingerprint density at radius 2 is 1.92 bits per heavy atom. The largest absolute Gasteiger partial charge is 0.480 e. The van der Waals surface area contributed by atoms with Crippen molar-refractivity contribution < 1.29 is 9.90 Å². The minimum absolute atomic E-state index is 0.0552. The second-order valence-electron chi connectivity index (χ2n) is 12.0. The van der Waals surface area contributed by atoms with Crippen LogP contribution in [0.5, 0.6) is 0 Å². The number of aliphatic carboxylic acids is 1. The fraction of sp³-hybridized carbons (Fsp3) is 0.387. The van der Waals surface area contributed by atoms with Gasteiger partial charge < -0.3 is 20.6 Å². The number of benzene rings is 2. The summed E-state index contributed by atoms with van der Waals surface area (Å²) in [5, 5.41) is 23.7. The summed E-state index contributed by atoms with van der Waals surface area (Å²) in [6.45, 7) is 11.3. The van der Waals surface area contributed by atoms with Crippen LogP contribution in [0.25, 0.3) is 16.6 Å². The fourth-order valence-corrected chi connectivity index (χ4v) is 6.55. The fourth-order valence-electron chi connectivity index (χ4n) is 6.55. The number of pyridine rings is 1. The third-order valence-electron chi connectivity index (χ3n) is 8.64. The highest BCUT2D eigenvalue weighted by molar-refractivity contribution is 5.95. The molecule has 0 saturated carbocycles. The molecule has 4 aromatic rings. The van der Waals surface area contributed by atoms with Gasteiger partial charge in [0.05, 0.1) is 16.7 Å². The molecular weight excluding hydrogens is 488 g/mol. The van der Waals surface area contributed by atoms with E-state index in [2.05, 4.69) is 85.5 Å². The molecule has 0 amide bonds. The number of fused-ring (bicyclic) bond motifs is 3. The van der Waals surface area contributed by atoms with Gasteiger partial charge in [0.25, 0.3) is 0 Å². The van der Waals surface area contributed by atoms with E-state index in [-0.39, 0.29) is 17.5 Å². The molecule has 3 N–H and O–H groups in total. The summed E-state index contributed by atoms with van der Waals surface area (Å²) in [5.41, 5.74) is 3.34. The number of carboxylic acids is 1. The molecule has 2 fully saturated rings. The van der Waals surface area contributed by atoms with Crippen LogP contribution in [0.2, 0.25) is 0 Å². The molecule has 0 radical (unpaired) electrons. The summed E-state index contributed by atoms with van der Waals surface area (Å²) < 4.78 is 1.93. The highest BCUT2D eigenvalue weighted by Gasteiger charge is 2.65. The van der Waals surface area contributed by atoms with Gasteiger partial charge >= 0.3 is 5.97 Å². The van der Waals surface area contributed by atoms with Gasteiger partial charge in [0.15, 0.2) is 5.82 Å². The maximum Gasteiger partial charge on any atom is 0.328 e. The molecule has 6 rings (SSSR count). The number of nitrogens with one attached hydrogen (secondary N) is 2. The maximum absolute atomic E-state index is 12.8. The molecule has 2 aliphatic rings. The van der Waals surface area contributed by atoms with Gasteiger partial charge in [-0.05, 0) is 55.0 Å². The van der Waals surface area contributed by atoms with Crippen molar-refractivity contribution in [3.8, 4) is 5.69 Å². The molecule has 3 unspecified atom stereocenters. The van der Waals surface area contributed by atoms with E-state index in [0.717, 1.165) is 46.8 Å². The standard InChI is InChI=1S/C31H36N6O2/c1-19-11-12-24-25(15-19)37(22-13-14-32-26(16-22)34-20(2)21-9-7-6-8-10-21)35-28(24)36-23-17-31(33-18-23,30(3,4)5)27(36)29(38)39/h6-16,20,23,27,33H,17-18H2,1-5H3,(H,32,34)(H,38,39)/t20-,23?,27?,31?/m1/s1. The first-order valence-electron chi connectivity index (χ1n) is 13.6. The molecule has 2 bridgehead atoms. The summed E-state index contributed by atoms with van der Waals surface area (Å²) in [5.74, 6) is 0.653. The van der Waals surface area contributed by atoms with Gasteiger partial charge in [-0.2, -0.15) is 0 Å². The van der Waals surface area contributed by atoms with E-state index in [1.807, 2.05) is 35.0 Å².